The van der Waals surface area contributed by atoms with Crippen molar-refractivity contribution in [2.24, 2.45) is 0 Å². The second-order valence-electron chi connectivity index (χ2n) is 7.53. The number of nitrogens with two attached hydrogens (primary N) is 1. The molecule has 3 aromatic carbocycles. The van der Waals surface area contributed by atoms with E-state index in [2.05, 4.69) is 15.6 Å². The van der Waals surface area contributed by atoms with E-state index in [0.29, 0.717) is 16.6 Å². The van der Waals surface area contributed by atoms with Crippen LogP contribution in [-0.2, 0) is 11.3 Å². The molecule has 174 valence electrons. The predicted octanol–water partition coefficient (Wildman–Crippen LogP) is 7.01. The van der Waals surface area contributed by atoms with Crippen molar-refractivity contribution >= 4 is 51.1 Å². The number of para-hydroxylation sites is 1. The zero-order chi connectivity index (χ0) is 24.0. The van der Waals surface area contributed by atoms with Crippen molar-refractivity contribution < 1.29 is 9.53 Å². The van der Waals surface area contributed by atoms with Crippen LogP contribution in [0, 0.1) is 0 Å². The first-order valence-corrected chi connectivity index (χ1v) is 12.5. The molecule has 9 heteroatoms. The normalized spacial score (nSPS) is 10.6. The molecule has 0 radical (unpaired) electrons. The highest BCUT2D eigenvalue weighted by atomic mass is 32.1. The van der Waals surface area contributed by atoms with E-state index >= 15 is 0 Å². The molecule has 0 bridgehead atoms. The summed E-state index contributed by atoms with van der Waals surface area (Å²) in [6, 6.07) is 26.8. The minimum Gasteiger partial charge on any atom is -0.444 e. The van der Waals surface area contributed by atoms with Gasteiger partial charge in [-0.3, -0.25) is 5.32 Å². The molecule has 7 nitrogen and oxygen atoms in total. The fourth-order valence-corrected chi connectivity index (χ4v) is 5.16. The first-order valence-electron chi connectivity index (χ1n) is 10.8. The number of hydrogen-bond donors (Lipinski definition) is 3. The summed E-state index contributed by atoms with van der Waals surface area (Å²) in [5.41, 5.74) is 10.3. The van der Waals surface area contributed by atoms with E-state index in [-0.39, 0.29) is 6.61 Å². The Morgan fingerprint density at radius 1 is 0.914 bits per heavy atom. The average molecular weight is 500 g/mol. The Morgan fingerprint density at radius 2 is 1.66 bits per heavy atom. The Labute approximate surface area is 210 Å². The van der Waals surface area contributed by atoms with E-state index < -0.39 is 6.09 Å². The quantitative estimate of drug-likeness (QED) is 0.223. The number of benzene rings is 3. The van der Waals surface area contributed by atoms with Crippen LogP contribution in [0.15, 0.2) is 90.3 Å². The molecule has 1 amide bonds. The Hall–Kier alpha value is -4.21. The van der Waals surface area contributed by atoms with Crippen LogP contribution in [0.1, 0.15) is 5.56 Å². The fraction of sp³-hybridized carbons (Fsp3) is 0.0385. The smallest absolute Gasteiger partial charge is 0.411 e. The minimum atomic E-state index is -0.513. The van der Waals surface area contributed by atoms with E-state index in [1.807, 2.05) is 90.3 Å². The summed E-state index contributed by atoms with van der Waals surface area (Å²) in [6.45, 7) is 0.208. The van der Waals surface area contributed by atoms with Crippen LogP contribution in [0.5, 0.6) is 0 Å². The maximum Gasteiger partial charge on any atom is 0.411 e. The summed E-state index contributed by atoms with van der Waals surface area (Å²) < 4.78 is 5.31. The monoisotopic (exact) mass is 499 g/mol. The van der Waals surface area contributed by atoms with E-state index in [4.69, 9.17) is 15.5 Å². The van der Waals surface area contributed by atoms with Gasteiger partial charge in [-0.05, 0) is 29.8 Å². The van der Waals surface area contributed by atoms with Gasteiger partial charge < -0.3 is 15.8 Å². The van der Waals surface area contributed by atoms with Crippen LogP contribution < -0.4 is 16.4 Å². The van der Waals surface area contributed by atoms with Crippen LogP contribution in [0.4, 0.5) is 27.1 Å². The van der Waals surface area contributed by atoms with Crippen molar-refractivity contribution in [1.82, 2.24) is 9.97 Å². The molecule has 2 heterocycles. The molecule has 5 aromatic rings. The Morgan fingerprint density at radius 3 is 2.46 bits per heavy atom. The topological polar surface area (TPSA) is 102 Å². The van der Waals surface area contributed by atoms with Crippen LogP contribution in [0.25, 0.3) is 21.1 Å². The number of thiazole rings is 2. The second kappa shape index (κ2) is 10.4. The van der Waals surface area contributed by atoms with Gasteiger partial charge >= 0.3 is 6.09 Å². The molecule has 0 fully saturated rings. The molecular weight excluding hydrogens is 478 g/mol. The van der Waals surface area contributed by atoms with Gasteiger partial charge in [0.15, 0.2) is 5.13 Å². The summed E-state index contributed by atoms with van der Waals surface area (Å²) in [6.07, 6.45) is -0.513. The summed E-state index contributed by atoms with van der Waals surface area (Å²) in [5.74, 6) is 0.436. The number of carbonyl (C=O) groups is 1. The Balaban J connectivity index is 1.27. The molecule has 4 N–H and O–H groups in total. The number of nitrogen functional groups attached to an aromatic ring is 1. The number of anilines is 4. The lowest BCUT2D eigenvalue weighted by Crippen LogP contribution is -2.13. The highest BCUT2D eigenvalue weighted by molar-refractivity contribution is 7.23. The number of hydrogen-bond acceptors (Lipinski definition) is 8. The van der Waals surface area contributed by atoms with Gasteiger partial charge in [-0.2, -0.15) is 0 Å². The maximum absolute atomic E-state index is 12.2. The molecule has 0 unspecified atom stereocenters. The van der Waals surface area contributed by atoms with Crippen molar-refractivity contribution in [3.05, 3.63) is 95.9 Å². The Bertz CT molecular complexity index is 1430. The van der Waals surface area contributed by atoms with Crippen LogP contribution in [0.3, 0.4) is 0 Å². The molecule has 0 saturated carbocycles. The van der Waals surface area contributed by atoms with Gasteiger partial charge in [-0.15, -0.1) is 11.3 Å². The van der Waals surface area contributed by atoms with Crippen molar-refractivity contribution in [1.29, 1.82) is 0 Å². The van der Waals surface area contributed by atoms with Crippen molar-refractivity contribution in [2.75, 3.05) is 16.4 Å². The number of rotatable bonds is 7. The van der Waals surface area contributed by atoms with Crippen LogP contribution in [0.2, 0.25) is 0 Å². The van der Waals surface area contributed by atoms with Gasteiger partial charge in [-0.1, -0.05) is 72.0 Å². The summed E-state index contributed by atoms with van der Waals surface area (Å²) in [5, 5.41) is 9.51. The third kappa shape index (κ3) is 5.65. The molecule has 0 aliphatic heterocycles. The van der Waals surface area contributed by atoms with E-state index in [9.17, 15) is 4.79 Å². The van der Waals surface area contributed by atoms with Gasteiger partial charge in [0, 0.05) is 22.3 Å². The van der Waals surface area contributed by atoms with Gasteiger partial charge in [0.1, 0.15) is 22.3 Å². The number of nitrogens with zero attached hydrogens (tertiary/aromatic N) is 2. The number of ether oxygens (including phenoxy) is 1. The van der Waals surface area contributed by atoms with Crippen molar-refractivity contribution in [2.45, 2.75) is 6.61 Å². The summed E-state index contributed by atoms with van der Waals surface area (Å²) in [7, 11) is 0. The maximum atomic E-state index is 12.2. The third-order valence-electron chi connectivity index (χ3n) is 4.99. The first-order chi connectivity index (χ1) is 17.1. The highest BCUT2D eigenvalue weighted by Crippen LogP contribution is 2.39. The van der Waals surface area contributed by atoms with Crippen molar-refractivity contribution in [3.63, 3.8) is 0 Å². The standard InChI is InChI=1S/C26H21N5O2S2/c27-23-22(35-25(31-23)28-19-11-5-2-6-12-19)24-30-21(16-34-24)18-10-7-13-20(14-18)29-26(32)33-15-17-8-3-1-4-9-17/h1-14,16H,15,27H2,(H,28,31)(H,29,32). The van der Waals surface area contributed by atoms with Gasteiger partial charge in [0.25, 0.3) is 0 Å². The largest absolute Gasteiger partial charge is 0.444 e. The predicted molar refractivity (Wildman–Crippen MR) is 143 cm³/mol. The number of carbonyl (C=O) groups excluding carboxylic acids is 1. The second-order valence-corrected chi connectivity index (χ2v) is 9.39. The lowest BCUT2D eigenvalue weighted by Gasteiger charge is -2.08. The molecule has 0 saturated heterocycles. The SMILES string of the molecule is Nc1nc(Nc2ccccc2)sc1-c1nc(-c2cccc(NC(=O)OCc3ccccc3)c2)cs1. The molecule has 0 atom stereocenters. The third-order valence-corrected chi connectivity index (χ3v) is 6.98. The van der Waals surface area contributed by atoms with Crippen molar-refractivity contribution in [3.8, 4) is 21.1 Å². The molecule has 2 aromatic heterocycles. The lowest BCUT2D eigenvalue weighted by molar-refractivity contribution is 0.155. The molecule has 35 heavy (non-hydrogen) atoms. The Kier molecular flexibility index (Phi) is 6.69. The summed E-state index contributed by atoms with van der Waals surface area (Å²) >= 11 is 2.95. The molecule has 0 spiro atoms. The van der Waals surface area contributed by atoms with Gasteiger partial charge in [0.05, 0.1) is 5.69 Å². The fourth-order valence-electron chi connectivity index (χ4n) is 3.33. The molecule has 0 aliphatic rings. The van der Waals surface area contributed by atoms with E-state index in [0.717, 1.165) is 32.4 Å². The zero-order valence-corrected chi connectivity index (χ0v) is 20.1. The van der Waals surface area contributed by atoms with Gasteiger partial charge in [0.2, 0.25) is 0 Å². The average Bonchev–Trinajstić information content (AvgIpc) is 3.51. The number of nitrogens with one attached hydrogen (secondary N) is 2. The highest BCUT2D eigenvalue weighted by Gasteiger charge is 2.15. The molecule has 5 rings (SSSR count). The minimum absolute atomic E-state index is 0.208. The van der Waals surface area contributed by atoms with Crippen LogP contribution >= 0.6 is 22.7 Å². The van der Waals surface area contributed by atoms with E-state index in [1.54, 1.807) is 0 Å². The van der Waals surface area contributed by atoms with Crippen LogP contribution in [-0.4, -0.2) is 16.1 Å². The van der Waals surface area contributed by atoms with Gasteiger partial charge in [-0.25, -0.2) is 14.8 Å². The first kappa shape index (κ1) is 22.6. The van der Waals surface area contributed by atoms with E-state index in [1.165, 1.54) is 22.7 Å². The lowest BCUT2D eigenvalue weighted by atomic mass is 10.1. The molecule has 0 aliphatic carbocycles. The number of amides is 1. The number of aromatic nitrogens is 2. The molecular formula is C26H21N5O2S2. The zero-order valence-electron chi connectivity index (χ0n) is 18.5. The summed E-state index contributed by atoms with van der Waals surface area (Å²) in [4.78, 5) is 22.2.